The second-order valence-electron chi connectivity index (χ2n) is 4.08. The van der Waals surface area contributed by atoms with E-state index in [1.54, 1.807) is 18.9 Å². The number of anilines is 1. The zero-order valence-corrected chi connectivity index (χ0v) is 11.5. The van der Waals surface area contributed by atoms with Crippen LogP contribution in [0.15, 0.2) is 23.1 Å². The lowest BCUT2D eigenvalue weighted by Crippen LogP contribution is -2.36. The van der Waals surface area contributed by atoms with E-state index in [-0.39, 0.29) is 5.91 Å². The summed E-state index contributed by atoms with van der Waals surface area (Å²) in [7, 11) is 3.50. The molecule has 18 heavy (non-hydrogen) atoms. The van der Waals surface area contributed by atoms with Crippen LogP contribution < -0.4 is 15.0 Å². The van der Waals surface area contributed by atoms with Crippen molar-refractivity contribution in [3.63, 3.8) is 0 Å². The van der Waals surface area contributed by atoms with Gasteiger partial charge in [-0.2, -0.15) is 0 Å². The van der Waals surface area contributed by atoms with Gasteiger partial charge in [0.05, 0.1) is 12.8 Å². The fourth-order valence-electron chi connectivity index (χ4n) is 1.95. The van der Waals surface area contributed by atoms with Gasteiger partial charge in [0, 0.05) is 36.2 Å². The molecule has 5 heteroatoms. The zero-order valence-electron chi connectivity index (χ0n) is 10.7. The number of amides is 1. The number of hydrogen-bond donors (Lipinski definition) is 1. The molecule has 98 valence electrons. The van der Waals surface area contributed by atoms with E-state index in [1.807, 2.05) is 30.1 Å². The van der Waals surface area contributed by atoms with Crippen molar-refractivity contribution < 1.29 is 9.53 Å². The van der Waals surface area contributed by atoms with Crippen molar-refractivity contribution in [3.05, 3.63) is 18.2 Å². The van der Waals surface area contributed by atoms with Gasteiger partial charge >= 0.3 is 0 Å². The Bertz CT molecular complexity index is 437. The van der Waals surface area contributed by atoms with Gasteiger partial charge in [-0.15, -0.1) is 11.8 Å². The number of ether oxygens (including phenoxy) is 1. The van der Waals surface area contributed by atoms with Crippen LogP contribution in [-0.2, 0) is 4.79 Å². The van der Waals surface area contributed by atoms with E-state index >= 15 is 0 Å². The lowest BCUT2D eigenvalue weighted by molar-refractivity contribution is -0.118. The third kappa shape index (κ3) is 2.79. The number of hydrogen-bond acceptors (Lipinski definition) is 4. The standard InChI is InChI=1S/C13H18N2O2S/c1-14-6-5-13(16)15-7-8-18-12-4-3-10(17-2)9-11(12)15/h3-4,9,14H,5-8H2,1-2H3. The van der Waals surface area contributed by atoms with E-state index in [0.29, 0.717) is 13.0 Å². The van der Waals surface area contributed by atoms with Crippen LogP contribution in [0.3, 0.4) is 0 Å². The molecule has 0 bridgehead atoms. The topological polar surface area (TPSA) is 41.6 Å². The van der Waals surface area contributed by atoms with Crippen LogP contribution in [0.1, 0.15) is 6.42 Å². The number of benzene rings is 1. The number of thioether (sulfide) groups is 1. The molecule has 0 radical (unpaired) electrons. The number of fused-ring (bicyclic) bond motifs is 1. The van der Waals surface area contributed by atoms with E-state index in [4.69, 9.17) is 4.74 Å². The molecule has 2 rings (SSSR count). The van der Waals surface area contributed by atoms with Crippen molar-refractivity contribution in [2.24, 2.45) is 0 Å². The smallest absolute Gasteiger partial charge is 0.228 e. The average Bonchev–Trinajstić information content (AvgIpc) is 2.43. The van der Waals surface area contributed by atoms with Crippen LogP contribution in [0, 0.1) is 0 Å². The fraction of sp³-hybridized carbons (Fsp3) is 0.462. The quantitative estimate of drug-likeness (QED) is 0.901. The summed E-state index contributed by atoms with van der Waals surface area (Å²) in [5.41, 5.74) is 0.978. The van der Waals surface area contributed by atoms with Gasteiger partial charge in [0.25, 0.3) is 0 Å². The highest BCUT2D eigenvalue weighted by atomic mass is 32.2. The van der Waals surface area contributed by atoms with E-state index in [2.05, 4.69) is 5.32 Å². The maximum Gasteiger partial charge on any atom is 0.228 e. The normalized spacial score (nSPS) is 14.2. The van der Waals surface area contributed by atoms with Gasteiger partial charge in [0.15, 0.2) is 0 Å². The van der Waals surface area contributed by atoms with Crippen molar-refractivity contribution in [3.8, 4) is 5.75 Å². The number of methoxy groups -OCH3 is 1. The van der Waals surface area contributed by atoms with Gasteiger partial charge in [-0.05, 0) is 19.2 Å². The van der Waals surface area contributed by atoms with Crippen molar-refractivity contribution in [1.82, 2.24) is 5.32 Å². The molecule has 4 nitrogen and oxygen atoms in total. The van der Waals surface area contributed by atoms with Gasteiger partial charge < -0.3 is 15.0 Å². The highest BCUT2D eigenvalue weighted by Crippen LogP contribution is 2.37. The Morgan fingerprint density at radius 1 is 1.56 bits per heavy atom. The van der Waals surface area contributed by atoms with Crippen LogP contribution in [0.2, 0.25) is 0 Å². The maximum absolute atomic E-state index is 12.2. The minimum absolute atomic E-state index is 0.166. The minimum Gasteiger partial charge on any atom is -0.497 e. The first-order valence-electron chi connectivity index (χ1n) is 6.02. The highest BCUT2D eigenvalue weighted by Gasteiger charge is 2.22. The average molecular weight is 266 g/mol. The number of carbonyl (C=O) groups excluding carboxylic acids is 1. The molecule has 0 saturated carbocycles. The van der Waals surface area contributed by atoms with Gasteiger partial charge in [-0.3, -0.25) is 4.79 Å². The van der Waals surface area contributed by atoms with E-state index in [0.717, 1.165) is 28.6 Å². The van der Waals surface area contributed by atoms with Crippen LogP contribution in [0.25, 0.3) is 0 Å². The van der Waals surface area contributed by atoms with Crippen LogP contribution in [-0.4, -0.2) is 38.9 Å². The summed E-state index contributed by atoms with van der Waals surface area (Å²) in [6.07, 6.45) is 0.526. The molecule has 1 aliphatic heterocycles. The molecule has 0 unspecified atom stereocenters. The lowest BCUT2D eigenvalue weighted by Gasteiger charge is -2.29. The SMILES string of the molecule is CNCCC(=O)N1CCSc2ccc(OC)cc21. The van der Waals surface area contributed by atoms with Gasteiger partial charge in [0.2, 0.25) is 5.91 Å². The molecule has 0 aliphatic carbocycles. The minimum atomic E-state index is 0.166. The fourth-order valence-corrected chi connectivity index (χ4v) is 2.93. The first-order chi connectivity index (χ1) is 8.76. The Hall–Kier alpha value is -1.20. The molecule has 1 heterocycles. The second-order valence-corrected chi connectivity index (χ2v) is 5.22. The van der Waals surface area contributed by atoms with Crippen LogP contribution in [0.4, 0.5) is 5.69 Å². The molecule has 0 saturated heterocycles. The summed E-state index contributed by atoms with van der Waals surface area (Å²) in [6, 6.07) is 5.91. The molecule has 1 aromatic carbocycles. The monoisotopic (exact) mass is 266 g/mol. The summed E-state index contributed by atoms with van der Waals surface area (Å²) < 4.78 is 5.23. The van der Waals surface area contributed by atoms with E-state index in [1.165, 1.54) is 0 Å². The summed E-state index contributed by atoms with van der Waals surface area (Å²) in [5, 5.41) is 3.01. The number of nitrogens with one attached hydrogen (secondary N) is 1. The van der Waals surface area contributed by atoms with Gasteiger partial charge in [-0.1, -0.05) is 0 Å². The zero-order chi connectivity index (χ0) is 13.0. The Kier molecular flexibility index (Phi) is 4.49. The van der Waals surface area contributed by atoms with E-state index < -0.39 is 0 Å². The Morgan fingerprint density at radius 3 is 3.11 bits per heavy atom. The molecule has 0 fully saturated rings. The van der Waals surface area contributed by atoms with E-state index in [9.17, 15) is 4.79 Å². The molecule has 1 amide bonds. The third-order valence-corrected chi connectivity index (χ3v) is 3.96. The number of carbonyl (C=O) groups is 1. The molecule has 1 aliphatic rings. The molecular weight excluding hydrogens is 248 g/mol. The lowest BCUT2D eigenvalue weighted by atomic mass is 10.2. The molecule has 0 spiro atoms. The number of rotatable bonds is 4. The molecule has 0 atom stereocenters. The van der Waals surface area contributed by atoms with Crippen LogP contribution in [0.5, 0.6) is 5.75 Å². The molecule has 0 aromatic heterocycles. The van der Waals surface area contributed by atoms with Crippen molar-refractivity contribution in [2.45, 2.75) is 11.3 Å². The first-order valence-corrected chi connectivity index (χ1v) is 7.00. The summed E-state index contributed by atoms with van der Waals surface area (Å²) in [6.45, 7) is 1.48. The second kappa shape index (κ2) is 6.11. The molecular formula is C13H18N2O2S. The predicted molar refractivity (Wildman–Crippen MR) is 74.6 cm³/mol. The maximum atomic E-state index is 12.2. The van der Waals surface area contributed by atoms with Crippen molar-refractivity contribution in [2.75, 3.05) is 37.9 Å². The molecule has 1 aromatic rings. The van der Waals surface area contributed by atoms with Crippen LogP contribution >= 0.6 is 11.8 Å². The Morgan fingerprint density at radius 2 is 2.39 bits per heavy atom. The predicted octanol–water partition coefficient (Wildman–Crippen LogP) is 1.74. The first kappa shape index (κ1) is 13.2. The largest absolute Gasteiger partial charge is 0.497 e. The van der Waals surface area contributed by atoms with Gasteiger partial charge in [0.1, 0.15) is 5.75 Å². The van der Waals surface area contributed by atoms with Crippen molar-refractivity contribution >= 4 is 23.4 Å². The number of nitrogens with zero attached hydrogens (tertiary/aromatic N) is 1. The summed E-state index contributed by atoms with van der Waals surface area (Å²) in [4.78, 5) is 15.2. The summed E-state index contributed by atoms with van der Waals surface area (Å²) >= 11 is 1.79. The highest BCUT2D eigenvalue weighted by molar-refractivity contribution is 7.99. The van der Waals surface area contributed by atoms with Crippen molar-refractivity contribution in [1.29, 1.82) is 0 Å². The third-order valence-electron chi connectivity index (χ3n) is 2.92. The Balaban J connectivity index is 2.22. The van der Waals surface area contributed by atoms with Gasteiger partial charge in [-0.25, -0.2) is 0 Å². The summed E-state index contributed by atoms with van der Waals surface area (Å²) in [5.74, 6) is 1.91. The molecule has 1 N–H and O–H groups in total. The Labute approximate surface area is 112 Å².